The van der Waals surface area contributed by atoms with Gasteiger partial charge in [-0.1, -0.05) is 33.1 Å². The molecule has 0 amide bonds. The van der Waals surface area contributed by atoms with Crippen LogP contribution in [-0.2, 0) is 9.84 Å². The first-order chi connectivity index (χ1) is 7.97. The average molecular weight is 261 g/mol. The zero-order valence-corrected chi connectivity index (χ0v) is 12.0. The average Bonchev–Trinajstić information content (AvgIpc) is 2.51. The van der Waals surface area contributed by atoms with Gasteiger partial charge in [0.1, 0.15) is 0 Å². The minimum Gasteiger partial charge on any atom is -0.330 e. The molecule has 17 heavy (non-hydrogen) atoms. The predicted molar refractivity (Wildman–Crippen MR) is 72.7 cm³/mol. The minimum atomic E-state index is -2.94. The highest BCUT2D eigenvalue weighted by molar-refractivity contribution is 7.92. The molecular formula is C13H27NO2S. The summed E-state index contributed by atoms with van der Waals surface area (Å²) in [6.45, 7) is 4.66. The summed E-state index contributed by atoms with van der Waals surface area (Å²) in [7, 11) is -2.94. The standard InChI is InChI=1S/C13H27NO2S/c1-11(2)8-9-17(15,16)13-7-5-3-4-6-12(13)10-14/h11-13H,3-10,14H2,1-2H3. The Kier molecular flexibility index (Phi) is 5.93. The van der Waals surface area contributed by atoms with Gasteiger partial charge < -0.3 is 5.73 Å². The number of hydrogen-bond donors (Lipinski definition) is 1. The molecule has 0 saturated heterocycles. The Balaban J connectivity index is 2.71. The van der Waals surface area contributed by atoms with Crippen LogP contribution in [0.1, 0.15) is 52.4 Å². The maximum absolute atomic E-state index is 12.4. The van der Waals surface area contributed by atoms with E-state index in [1.165, 1.54) is 0 Å². The Morgan fingerprint density at radius 1 is 1.18 bits per heavy atom. The Morgan fingerprint density at radius 3 is 2.41 bits per heavy atom. The SMILES string of the molecule is CC(C)CCS(=O)(=O)C1CCCCCC1CN. The molecule has 1 aliphatic rings. The Morgan fingerprint density at radius 2 is 1.82 bits per heavy atom. The lowest BCUT2D eigenvalue weighted by Gasteiger charge is -2.24. The van der Waals surface area contributed by atoms with E-state index in [9.17, 15) is 8.42 Å². The molecule has 1 aliphatic carbocycles. The van der Waals surface area contributed by atoms with Gasteiger partial charge in [0.2, 0.25) is 0 Å². The van der Waals surface area contributed by atoms with E-state index in [0.717, 1.165) is 38.5 Å². The van der Waals surface area contributed by atoms with Crippen LogP contribution in [-0.4, -0.2) is 26.0 Å². The summed E-state index contributed by atoms with van der Waals surface area (Å²) in [5, 5.41) is -0.172. The van der Waals surface area contributed by atoms with Gasteiger partial charge in [-0.2, -0.15) is 0 Å². The zero-order chi connectivity index (χ0) is 12.9. The van der Waals surface area contributed by atoms with Gasteiger partial charge >= 0.3 is 0 Å². The summed E-state index contributed by atoms with van der Waals surface area (Å²) in [5.41, 5.74) is 5.75. The number of hydrogen-bond acceptors (Lipinski definition) is 3. The summed E-state index contributed by atoms with van der Waals surface area (Å²) in [5.74, 6) is 0.979. The zero-order valence-electron chi connectivity index (χ0n) is 11.2. The van der Waals surface area contributed by atoms with Crippen LogP contribution in [0, 0.1) is 11.8 Å². The van der Waals surface area contributed by atoms with Crippen molar-refractivity contribution in [3.63, 3.8) is 0 Å². The highest BCUT2D eigenvalue weighted by Gasteiger charge is 2.33. The van der Waals surface area contributed by atoms with E-state index in [0.29, 0.717) is 18.2 Å². The summed E-state index contributed by atoms with van der Waals surface area (Å²) < 4.78 is 24.7. The number of nitrogens with two attached hydrogens (primary N) is 1. The topological polar surface area (TPSA) is 60.2 Å². The molecule has 102 valence electrons. The van der Waals surface area contributed by atoms with Crippen molar-refractivity contribution in [2.75, 3.05) is 12.3 Å². The molecule has 2 unspecified atom stereocenters. The van der Waals surface area contributed by atoms with Gasteiger partial charge in [-0.15, -0.1) is 0 Å². The van der Waals surface area contributed by atoms with E-state index in [1.807, 2.05) is 0 Å². The summed E-state index contributed by atoms with van der Waals surface area (Å²) in [4.78, 5) is 0. The van der Waals surface area contributed by atoms with E-state index in [1.54, 1.807) is 0 Å². The summed E-state index contributed by atoms with van der Waals surface area (Å²) >= 11 is 0. The highest BCUT2D eigenvalue weighted by Crippen LogP contribution is 2.29. The molecule has 0 heterocycles. The quantitative estimate of drug-likeness (QED) is 0.773. The van der Waals surface area contributed by atoms with Gasteiger partial charge in [0.15, 0.2) is 9.84 Å². The lowest BCUT2D eigenvalue weighted by molar-refractivity contribution is 0.454. The van der Waals surface area contributed by atoms with Gasteiger partial charge in [0.25, 0.3) is 0 Å². The molecule has 0 spiro atoms. The molecular weight excluding hydrogens is 234 g/mol. The molecule has 1 saturated carbocycles. The second-order valence-electron chi connectivity index (χ2n) is 5.72. The molecule has 4 heteroatoms. The van der Waals surface area contributed by atoms with Gasteiger partial charge in [-0.3, -0.25) is 0 Å². The number of rotatable bonds is 5. The molecule has 0 aliphatic heterocycles. The fourth-order valence-electron chi connectivity index (χ4n) is 2.64. The lowest BCUT2D eigenvalue weighted by atomic mass is 10.0. The van der Waals surface area contributed by atoms with Gasteiger partial charge in [0.05, 0.1) is 11.0 Å². The van der Waals surface area contributed by atoms with Crippen LogP contribution in [0.5, 0.6) is 0 Å². The molecule has 0 aromatic carbocycles. The van der Waals surface area contributed by atoms with E-state index < -0.39 is 9.84 Å². The minimum absolute atomic E-state index is 0.172. The van der Waals surface area contributed by atoms with Crippen molar-refractivity contribution in [3.05, 3.63) is 0 Å². The van der Waals surface area contributed by atoms with Crippen LogP contribution in [0.2, 0.25) is 0 Å². The normalized spacial score (nSPS) is 27.1. The van der Waals surface area contributed by atoms with Crippen LogP contribution in [0.25, 0.3) is 0 Å². The molecule has 2 N–H and O–H groups in total. The van der Waals surface area contributed by atoms with Crippen molar-refractivity contribution in [2.45, 2.75) is 57.6 Å². The van der Waals surface area contributed by atoms with Crippen LogP contribution in [0.15, 0.2) is 0 Å². The fraction of sp³-hybridized carbons (Fsp3) is 1.00. The molecule has 1 rings (SSSR count). The molecule has 0 aromatic heterocycles. The molecule has 0 radical (unpaired) electrons. The van der Waals surface area contributed by atoms with Crippen LogP contribution < -0.4 is 5.73 Å². The third kappa shape index (κ3) is 4.59. The lowest BCUT2D eigenvalue weighted by Crippen LogP contribution is -2.35. The Bertz CT molecular complexity index is 311. The first-order valence-electron chi connectivity index (χ1n) is 6.89. The molecule has 2 atom stereocenters. The van der Waals surface area contributed by atoms with Crippen LogP contribution >= 0.6 is 0 Å². The van der Waals surface area contributed by atoms with E-state index >= 15 is 0 Å². The van der Waals surface area contributed by atoms with Crippen molar-refractivity contribution in [2.24, 2.45) is 17.6 Å². The first-order valence-corrected chi connectivity index (χ1v) is 8.60. The third-order valence-electron chi connectivity index (χ3n) is 3.83. The van der Waals surface area contributed by atoms with Gasteiger partial charge in [-0.05, 0) is 37.6 Å². The largest absolute Gasteiger partial charge is 0.330 e. The monoisotopic (exact) mass is 261 g/mol. The van der Waals surface area contributed by atoms with Crippen molar-refractivity contribution in [1.29, 1.82) is 0 Å². The van der Waals surface area contributed by atoms with Crippen LogP contribution in [0.3, 0.4) is 0 Å². The number of sulfone groups is 1. The molecule has 3 nitrogen and oxygen atoms in total. The molecule has 1 fully saturated rings. The highest BCUT2D eigenvalue weighted by atomic mass is 32.2. The second-order valence-corrected chi connectivity index (χ2v) is 8.06. The maximum atomic E-state index is 12.4. The second kappa shape index (κ2) is 6.74. The Labute approximate surface area is 106 Å². The third-order valence-corrected chi connectivity index (χ3v) is 6.18. The van der Waals surface area contributed by atoms with Gasteiger partial charge in [0, 0.05) is 0 Å². The van der Waals surface area contributed by atoms with E-state index in [2.05, 4.69) is 13.8 Å². The van der Waals surface area contributed by atoms with Crippen LogP contribution in [0.4, 0.5) is 0 Å². The van der Waals surface area contributed by atoms with Gasteiger partial charge in [-0.25, -0.2) is 8.42 Å². The van der Waals surface area contributed by atoms with E-state index in [4.69, 9.17) is 5.73 Å². The first kappa shape index (κ1) is 15.0. The van der Waals surface area contributed by atoms with Crippen molar-refractivity contribution in [1.82, 2.24) is 0 Å². The van der Waals surface area contributed by atoms with E-state index in [-0.39, 0.29) is 11.2 Å². The van der Waals surface area contributed by atoms with Crippen molar-refractivity contribution in [3.8, 4) is 0 Å². The molecule has 0 bridgehead atoms. The fourth-order valence-corrected chi connectivity index (χ4v) is 5.11. The van der Waals surface area contributed by atoms with Crippen molar-refractivity contribution >= 4 is 9.84 Å². The summed E-state index contributed by atoms with van der Waals surface area (Å²) in [6, 6.07) is 0. The van der Waals surface area contributed by atoms with Crippen molar-refractivity contribution < 1.29 is 8.42 Å². The smallest absolute Gasteiger partial charge is 0.153 e. The summed E-state index contributed by atoms with van der Waals surface area (Å²) in [6.07, 6.45) is 5.92. The molecule has 0 aromatic rings. The maximum Gasteiger partial charge on any atom is 0.153 e. The Hall–Kier alpha value is -0.0900. The predicted octanol–water partition coefficient (Wildman–Crippen LogP) is 2.35.